The van der Waals surface area contributed by atoms with Crippen molar-refractivity contribution < 1.29 is 14.3 Å². The van der Waals surface area contributed by atoms with Gasteiger partial charge in [-0.1, -0.05) is 24.3 Å². The van der Waals surface area contributed by atoms with E-state index in [1.807, 2.05) is 42.5 Å². The number of ether oxygens (including phenoxy) is 2. The van der Waals surface area contributed by atoms with Crippen molar-refractivity contribution in [2.75, 3.05) is 19.0 Å². The molecule has 4 heteroatoms. The van der Waals surface area contributed by atoms with Gasteiger partial charge >= 0.3 is 0 Å². The summed E-state index contributed by atoms with van der Waals surface area (Å²) in [7, 11) is 1.60. The van der Waals surface area contributed by atoms with Crippen molar-refractivity contribution >= 4 is 11.6 Å². The number of para-hydroxylation sites is 1. The molecule has 0 saturated heterocycles. The van der Waals surface area contributed by atoms with Gasteiger partial charge in [-0.15, -0.1) is 0 Å². The Kier molecular flexibility index (Phi) is 3.77. The summed E-state index contributed by atoms with van der Waals surface area (Å²) in [5.74, 6) is 1.39. The molecule has 0 unspecified atom stereocenters. The predicted molar refractivity (Wildman–Crippen MR) is 80.8 cm³/mol. The number of nitrogens with one attached hydrogen (secondary N) is 1. The molecule has 1 amide bonds. The Labute approximate surface area is 123 Å². The minimum atomic E-state index is -0.175. The Morgan fingerprint density at radius 2 is 2.10 bits per heavy atom. The third-order valence-electron chi connectivity index (χ3n) is 3.59. The van der Waals surface area contributed by atoms with Gasteiger partial charge in [0.15, 0.2) is 0 Å². The number of methoxy groups -OCH3 is 1. The van der Waals surface area contributed by atoms with E-state index in [2.05, 4.69) is 5.32 Å². The van der Waals surface area contributed by atoms with Crippen LogP contribution in [0.2, 0.25) is 0 Å². The largest absolute Gasteiger partial charge is 0.497 e. The normalized spacial score (nSPS) is 16.5. The molecule has 0 saturated carbocycles. The predicted octanol–water partition coefficient (Wildman–Crippen LogP) is 2.89. The summed E-state index contributed by atoms with van der Waals surface area (Å²) in [6.07, 6.45) is 0.700. The van der Waals surface area contributed by atoms with E-state index in [-0.39, 0.29) is 11.8 Å². The first-order chi connectivity index (χ1) is 10.3. The van der Waals surface area contributed by atoms with Gasteiger partial charge < -0.3 is 14.8 Å². The number of amides is 1. The molecule has 1 N–H and O–H groups in total. The van der Waals surface area contributed by atoms with Gasteiger partial charge in [0.2, 0.25) is 5.91 Å². The van der Waals surface area contributed by atoms with Crippen LogP contribution >= 0.6 is 0 Å². The van der Waals surface area contributed by atoms with Crippen LogP contribution in [0.4, 0.5) is 5.69 Å². The zero-order chi connectivity index (χ0) is 14.7. The summed E-state index contributed by atoms with van der Waals surface area (Å²) in [5, 5.41) is 2.92. The molecule has 0 bridgehead atoms. The van der Waals surface area contributed by atoms with Crippen LogP contribution in [0, 0.1) is 5.92 Å². The highest BCUT2D eigenvalue weighted by Gasteiger charge is 2.25. The number of carbonyl (C=O) groups is 1. The number of carbonyl (C=O) groups excluding carboxylic acids is 1. The van der Waals surface area contributed by atoms with Gasteiger partial charge in [-0.25, -0.2) is 0 Å². The summed E-state index contributed by atoms with van der Waals surface area (Å²) < 4.78 is 10.8. The van der Waals surface area contributed by atoms with Crippen LogP contribution in [-0.4, -0.2) is 19.6 Å². The zero-order valence-corrected chi connectivity index (χ0v) is 11.8. The van der Waals surface area contributed by atoms with E-state index in [1.54, 1.807) is 13.2 Å². The van der Waals surface area contributed by atoms with Crippen molar-refractivity contribution in [3.05, 3.63) is 54.1 Å². The Hall–Kier alpha value is -2.49. The standard InChI is InChI=1S/C17H17NO3/c1-20-15-7-4-6-14(10-15)18-17(19)13-9-12-5-2-3-8-16(12)21-11-13/h2-8,10,13H,9,11H2,1H3,(H,18,19)/t13-/m0/s1. The van der Waals surface area contributed by atoms with Crippen LogP contribution in [0.15, 0.2) is 48.5 Å². The Morgan fingerprint density at radius 1 is 1.24 bits per heavy atom. The van der Waals surface area contributed by atoms with Gasteiger partial charge in [-0.05, 0) is 30.2 Å². The van der Waals surface area contributed by atoms with Crippen molar-refractivity contribution in [3.63, 3.8) is 0 Å². The maximum absolute atomic E-state index is 12.3. The Morgan fingerprint density at radius 3 is 2.95 bits per heavy atom. The molecule has 3 rings (SSSR count). The molecule has 108 valence electrons. The van der Waals surface area contributed by atoms with Crippen molar-refractivity contribution in [2.24, 2.45) is 5.92 Å². The smallest absolute Gasteiger partial charge is 0.231 e. The number of anilines is 1. The third-order valence-corrected chi connectivity index (χ3v) is 3.59. The number of benzene rings is 2. The van der Waals surface area contributed by atoms with E-state index in [0.29, 0.717) is 13.0 Å². The molecule has 0 aliphatic carbocycles. The topological polar surface area (TPSA) is 47.6 Å². The highest BCUT2D eigenvalue weighted by atomic mass is 16.5. The van der Waals surface area contributed by atoms with Gasteiger partial charge in [0.05, 0.1) is 13.0 Å². The molecule has 1 heterocycles. The van der Waals surface area contributed by atoms with Crippen LogP contribution in [0.1, 0.15) is 5.56 Å². The number of hydrogen-bond donors (Lipinski definition) is 1. The maximum atomic E-state index is 12.3. The molecule has 1 atom stereocenters. The zero-order valence-electron chi connectivity index (χ0n) is 11.8. The fourth-order valence-corrected chi connectivity index (χ4v) is 2.44. The molecule has 1 aliphatic rings. The Balaban J connectivity index is 1.69. The SMILES string of the molecule is COc1cccc(NC(=O)[C@@H]2COc3ccccc3C2)c1. The lowest BCUT2D eigenvalue weighted by Gasteiger charge is -2.24. The van der Waals surface area contributed by atoms with Crippen LogP contribution < -0.4 is 14.8 Å². The fraction of sp³-hybridized carbons (Fsp3) is 0.235. The summed E-state index contributed by atoms with van der Waals surface area (Å²) in [6.45, 7) is 0.410. The van der Waals surface area contributed by atoms with E-state index >= 15 is 0 Å². The third kappa shape index (κ3) is 2.99. The van der Waals surface area contributed by atoms with E-state index in [4.69, 9.17) is 9.47 Å². The van der Waals surface area contributed by atoms with Crippen LogP contribution in [0.25, 0.3) is 0 Å². The van der Waals surface area contributed by atoms with Gasteiger partial charge in [-0.3, -0.25) is 4.79 Å². The van der Waals surface area contributed by atoms with Crippen LogP contribution in [-0.2, 0) is 11.2 Å². The number of rotatable bonds is 3. The van der Waals surface area contributed by atoms with E-state index < -0.39 is 0 Å². The van der Waals surface area contributed by atoms with Gasteiger partial charge in [-0.2, -0.15) is 0 Å². The van der Waals surface area contributed by atoms with Crippen molar-refractivity contribution in [2.45, 2.75) is 6.42 Å². The lowest BCUT2D eigenvalue weighted by atomic mass is 9.96. The highest BCUT2D eigenvalue weighted by molar-refractivity contribution is 5.93. The lowest BCUT2D eigenvalue weighted by molar-refractivity contribution is -0.121. The van der Waals surface area contributed by atoms with Crippen molar-refractivity contribution in [1.29, 1.82) is 0 Å². The van der Waals surface area contributed by atoms with Crippen LogP contribution in [0.5, 0.6) is 11.5 Å². The average molecular weight is 283 g/mol. The van der Waals surface area contributed by atoms with Gasteiger partial charge in [0.25, 0.3) is 0 Å². The molecular weight excluding hydrogens is 266 g/mol. The second-order valence-electron chi connectivity index (χ2n) is 5.04. The molecule has 2 aromatic rings. The number of fused-ring (bicyclic) bond motifs is 1. The molecule has 0 spiro atoms. The van der Waals surface area contributed by atoms with E-state index in [1.165, 1.54) is 0 Å². The summed E-state index contributed by atoms with van der Waals surface area (Å²) in [5.41, 5.74) is 1.81. The summed E-state index contributed by atoms with van der Waals surface area (Å²) in [4.78, 5) is 12.3. The molecule has 2 aromatic carbocycles. The van der Waals surface area contributed by atoms with Crippen LogP contribution in [0.3, 0.4) is 0 Å². The monoisotopic (exact) mass is 283 g/mol. The minimum Gasteiger partial charge on any atom is -0.497 e. The van der Waals surface area contributed by atoms with E-state index in [0.717, 1.165) is 22.7 Å². The van der Waals surface area contributed by atoms with Gasteiger partial charge in [0.1, 0.15) is 18.1 Å². The molecule has 21 heavy (non-hydrogen) atoms. The second-order valence-corrected chi connectivity index (χ2v) is 5.04. The van der Waals surface area contributed by atoms with Crippen molar-refractivity contribution in [1.82, 2.24) is 0 Å². The fourth-order valence-electron chi connectivity index (χ4n) is 2.44. The quantitative estimate of drug-likeness (QED) is 0.942. The summed E-state index contributed by atoms with van der Waals surface area (Å²) in [6, 6.07) is 15.2. The first-order valence-electron chi connectivity index (χ1n) is 6.92. The molecule has 4 nitrogen and oxygen atoms in total. The van der Waals surface area contributed by atoms with E-state index in [9.17, 15) is 4.79 Å². The molecule has 0 radical (unpaired) electrons. The minimum absolute atomic E-state index is 0.0299. The molecule has 1 aliphatic heterocycles. The molecular formula is C17H17NO3. The van der Waals surface area contributed by atoms with Crippen molar-refractivity contribution in [3.8, 4) is 11.5 Å². The molecule has 0 fully saturated rings. The second kappa shape index (κ2) is 5.87. The first-order valence-corrected chi connectivity index (χ1v) is 6.92. The molecule has 0 aromatic heterocycles. The number of hydrogen-bond acceptors (Lipinski definition) is 3. The van der Waals surface area contributed by atoms with Gasteiger partial charge in [0, 0.05) is 11.8 Å². The lowest BCUT2D eigenvalue weighted by Crippen LogP contribution is -2.32. The Bertz CT molecular complexity index is 654. The highest BCUT2D eigenvalue weighted by Crippen LogP contribution is 2.27. The maximum Gasteiger partial charge on any atom is 0.231 e. The first kappa shape index (κ1) is 13.5. The average Bonchev–Trinajstić information content (AvgIpc) is 2.54. The summed E-state index contributed by atoms with van der Waals surface area (Å²) >= 11 is 0.